The minimum Gasteiger partial charge on any atom is -0.370 e. The molecule has 0 aliphatic carbocycles. The molecule has 1 aliphatic rings. The van der Waals surface area contributed by atoms with E-state index in [9.17, 15) is 14.0 Å². The number of halogens is 1. The van der Waals surface area contributed by atoms with Gasteiger partial charge in [-0.25, -0.2) is 13.9 Å². The molecule has 2 aromatic heterocycles. The summed E-state index contributed by atoms with van der Waals surface area (Å²) in [6.07, 6.45) is 3.41. The maximum atomic E-state index is 13.6. The molecular formula is C26H25FN6O3. The van der Waals surface area contributed by atoms with E-state index in [2.05, 4.69) is 15.1 Å². The Hall–Kier alpha value is -4.18. The van der Waals surface area contributed by atoms with Crippen LogP contribution in [0.15, 0.2) is 73.1 Å². The van der Waals surface area contributed by atoms with E-state index >= 15 is 0 Å². The van der Waals surface area contributed by atoms with E-state index in [0.29, 0.717) is 30.9 Å². The van der Waals surface area contributed by atoms with Crippen LogP contribution in [0.4, 0.5) is 4.39 Å². The highest BCUT2D eigenvalue weighted by Crippen LogP contribution is 2.15. The molecule has 0 unspecified atom stereocenters. The number of carbonyl (C=O) groups is 2. The second kappa shape index (κ2) is 10.6. The minimum absolute atomic E-state index is 0.0388. The summed E-state index contributed by atoms with van der Waals surface area (Å²) in [5.74, 6) is -0.746. The molecule has 10 heteroatoms. The van der Waals surface area contributed by atoms with Crippen molar-refractivity contribution in [1.29, 1.82) is 0 Å². The van der Waals surface area contributed by atoms with Crippen molar-refractivity contribution in [3.63, 3.8) is 0 Å². The van der Waals surface area contributed by atoms with Crippen molar-refractivity contribution < 1.29 is 18.7 Å². The summed E-state index contributed by atoms with van der Waals surface area (Å²) in [5.41, 5.74) is 1.79. The summed E-state index contributed by atoms with van der Waals surface area (Å²) in [6, 6.07) is 17.8. The van der Waals surface area contributed by atoms with Crippen LogP contribution in [0.5, 0.6) is 0 Å². The molecule has 36 heavy (non-hydrogen) atoms. The van der Waals surface area contributed by atoms with Crippen LogP contribution in [0, 0.1) is 5.82 Å². The summed E-state index contributed by atoms with van der Waals surface area (Å²) in [7, 11) is 0. The zero-order valence-electron chi connectivity index (χ0n) is 19.5. The number of benzene rings is 2. The number of amides is 2. The third kappa shape index (κ3) is 5.55. The van der Waals surface area contributed by atoms with Gasteiger partial charge in [0.15, 0.2) is 0 Å². The van der Waals surface area contributed by atoms with E-state index in [1.54, 1.807) is 35.5 Å². The van der Waals surface area contributed by atoms with Gasteiger partial charge in [-0.3, -0.25) is 9.59 Å². The highest BCUT2D eigenvalue weighted by atomic mass is 19.1. The zero-order valence-corrected chi connectivity index (χ0v) is 19.5. The molecule has 1 atom stereocenters. The van der Waals surface area contributed by atoms with Gasteiger partial charge in [0.1, 0.15) is 12.4 Å². The maximum Gasteiger partial charge on any atom is 0.294 e. The minimum atomic E-state index is -0.477. The molecule has 1 fully saturated rings. The first kappa shape index (κ1) is 23.6. The second-order valence-corrected chi connectivity index (χ2v) is 8.62. The fraction of sp³-hybridized carbons (Fsp3) is 0.269. The summed E-state index contributed by atoms with van der Waals surface area (Å²) >= 11 is 0. The van der Waals surface area contributed by atoms with Gasteiger partial charge in [-0.2, -0.15) is 4.98 Å². The van der Waals surface area contributed by atoms with Gasteiger partial charge >= 0.3 is 0 Å². The van der Waals surface area contributed by atoms with Gasteiger partial charge in [0.05, 0.1) is 12.7 Å². The fourth-order valence-electron chi connectivity index (χ4n) is 4.17. The Kier molecular flexibility index (Phi) is 6.94. The van der Waals surface area contributed by atoms with Crippen molar-refractivity contribution in [2.45, 2.75) is 19.1 Å². The smallest absolute Gasteiger partial charge is 0.294 e. The van der Waals surface area contributed by atoms with E-state index < -0.39 is 12.0 Å². The molecule has 0 N–H and O–H groups in total. The van der Waals surface area contributed by atoms with Crippen LogP contribution < -0.4 is 0 Å². The van der Waals surface area contributed by atoms with Crippen LogP contribution in [-0.4, -0.2) is 73.5 Å². The van der Waals surface area contributed by atoms with Crippen molar-refractivity contribution in [1.82, 2.24) is 29.4 Å². The molecule has 0 saturated carbocycles. The van der Waals surface area contributed by atoms with Crippen molar-refractivity contribution in [2.75, 3.05) is 26.2 Å². The molecule has 2 aromatic carbocycles. The molecule has 3 heterocycles. The number of ether oxygens (including phenoxy) is 1. The molecule has 0 radical (unpaired) electrons. The van der Waals surface area contributed by atoms with Crippen LogP contribution in [0.25, 0.3) is 5.78 Å². The van der Waals surface area contributed by atoms with Gasteiger partial charge in [0.25, 0.3) is 11.7 Å². The predicted molar refractivity (Wildman–Crippen MR) is 128 cm³/mol. The lowest BCUT2D eigenvalue weighted by molar-refractivity contribution is -0.131. The van der Waals surface area contributed by atoms with Gasteiger partial charge in [-0.1, -0.05) is 42.5 Å². The molecule has 5 rings (SSSR count). The van der Waals surface area contributed by atoms with Crippen molar-refractivity contribution in [3.05, 3.63) is 95.8 Å². The third-order valence-electron chi connectivity index (χ3n) is 6.01. The number of carbonyl (C=O) groups excluding carboxylic acids is 2. The molecular weight excluding hydrogens is 463 g/mol. The second-order valence-electron chi connectivity index (χ2n) is 8.62. The Morgan fingerprint density at radius 3 is 2.69 bits per heavy atom. The highest BCUT2D eigenvalue weighted by Gasteiger charge is 2.32. The molecule has 184 valence electrons. The first-order chi connectivity index (χ1) is 17.5. The average molecular weight is 489 g/mol. The normalized spacial score (nSPS) is 16.4. The fourth-order valence-corrected chi connectivity index (χ4v) is 4.17. The number of rotatable bonds is 7. The van der Waals surface area contributed by atoms with Crippen molar-refractivity contribution >= 4 is 17.6 Å². The summed E-state index contributed by atoms with van der Waals surface area (Å²) in [4.78, 5) is 37.9. The zero-order chi connectivity index (χ0) is 24.9. The Balaban J connectivity index is 1.34. The highest BCUT2D eigenvalue weighted by molar-refractivity contribution is 5.94. The molecule has 1 saturated heterocycles. The van der Waals surface area contributed by atoms with Crippen molar-refractivity contribution in [2.24, 2.45) is 0 Å². The standard InChI is InChI=1S/C26H25FN6O3/c27-21-9-4-8-20(14-21)18-36-22-15-31(13-10-19-6-2-1-3-7-19)23(34)17-32(16-22)25(35)24-29-26-28-11-5-12-33(26)30-24/h1-9,11-12,14,22H,10,13,15-18H2/t22-/m0/s1. The third-order valence-corrected chi connectivity index (χ3v) is 6.01. The number of hydrogen-bond donors (Lipinski definition) is 0. The predicted octanol–water partition coefficient (Wildman–Crippen LogP) is 2.38. The van der Waals surface area contributed by atoms with Crippen LogP contribution in [0.1, 0.15) is 21.7 Å². The van der Waals surface area contributed by atoms with Gasteiger partial charge in [0.2, 0.25) is 11.7 Å². The Morgan fingerprint density at radius 2 is 1.89 bits per heavy atom. The lowest BCUT2D eigenvalue weighted by Gasteiger charge is -2.24. The molecule has 4 aromatic rings. The number of fused-ring (bicyclic) bond motifs is 1. The lowest BCUT2D eigenvalue weighted by atomic mass is 10.1. The van der Waals surface area contributed by atoms with E-state index in [4.69, 9.17) is 4.74 Å². The van der Waals surface area contributed by atoms with Crippen LogP contribution in [-0.2, 0) is 22.6 Å². The maximum absolute atomic E-state index is 13.6. The first-order valence-electron chi connectivity index (χ1n) is 11.7. The summed E-state index contributed by atoms with van der Waals surface area (Å²) in [6.45, 7) is 1.01. The van der Waals surface area contributed by atoms with E-state index in [1.165, 1.54) is 21.5 Å². The Labute approximate surface area is 207 Å². The van der Waals surface area contributed by atoms with Gasteiger partial charge in [-0.05, 0) is 35.7 Å². The number of aromatic nitrogens is 4. The molecule has 0 bridgehead atoms. The van der Waals surface area contributed by atoms with Crippen LogP contribution in [0.3, 0.4) is 0 Å². The van der Waals surface area contributed by atoms with E-state index in [1.807, 2.05) is 30.3 Å². The van der Waals surface area contributed by atoms with Crippen LogP contribution >= 0.6 is 0 Å². The van der Waals surface area contributed by atoms with Crippen LogP contribution in [0.2, 0.25) is 0 Å². The molecule has 9 nitrogen and oxygen atoms in total. The number of hydrogen-bond acceptors (Lipinski definition) is 6. The topological polar surface area (TPSA) is 92.9 Å². The van der Waals surface area contributed by atoms with Crippen molar-refractivity contribution in [3.8, 4) is 0 Å². The average Bonchev–Trinajstić information content (AvgIpc) is 3.26. The molecule has 0 spiro atoms. The van der Waals surface area contributed by atoms with Gasteiger partial charge < -0.3 is 14.5 Å². The van der Waals surface area contributed by atoms with Gasteiger partial charge in [0, 0.05) is 32.0 Å². The molecule has 1 aliphatic heterocycles. The SMILES string of the molecule is O=C1CN(C(=O)c2nc3ncccn3n2)C[C@@H](OCc2cccc(F)c2)CN1CCc1ccccc1. The van der Waals surface area contributed by atoms with Gasteiger partial charge in [-0.15, -0.1) is 5.10 Å². The van der Waals surface area contributed by atoms with E-state index in [0.717, 1.165) is 5.56 Å². The largest absolute Gasteiger partial charge is 0.370 e. The monoisotopic (exact) mass is 488 g/mol. The first-order valence-corrected chi connectivity index (χ1v) is 11.7. The quantitative estimate of drug-likeness (QED) is 0.397. The Morgan fingerprint density at radius 1 is 1.06 bits per heavy atom. The molecule has 2 amide bonds. The lowest BCUT2D eigenvalue weighted by Crippen LogP contribution is -2.40. The van der Waals surface area contributed by atoms with E-state index in [-0.39, 0.29) is 37.2 Å². The summed E-state index contributed by atoms with van der Waals surface area (Å²) in [5, 5.41) is 4.21. The Bertz CT molecular complexity index is 1330. The number of nitrogens with zero attached hydrogens (tertiary/aromatic N) is 6. The summed E-state index contributed by atoms with van der Waals surface area (Å²) < 4.78 is 21.1.